The van der Waals surface area contributed by atoms with E-state index in [0.29, 0.717) is 22.1 Å². The van der Waals surface area contributed by atoms with Crippen LogP contribution in [-0.2, 0) is 6.54 Å². The van der Waals surface area contributed by atoms with Crippen molar-refractivity contribution in [1.29, 1.82) is 0 Å². The van der Waals surface area contributed by atoms with Crippen LogP contribution in [-0.4, -0.2) is 22.1 Å². The van der Waals surface area contributed by atoms with Gasteiger partial charge in [0.25, 0.3) is 5.91 Å². The average Bonchev–Trinajstić information content (AvgIpc) is 3.29. The summed E-state index contributed by atoms with van der Waals surface area (Å²) in [5, 5.41) is 13.3. The molecule has 1 aromatic heterocycles. The molecule has 1 heterocycles. The number of aromatic nitrogens is 2. The van der Waals surface area contributed by atoms with Crippen LogP contribution in [0.15, 0.2) is 71.7 Å². The minimum Gasteiger partial charge on any atom is -0.309 e. The molecule has 0 atom stereocenters. The second kappa shape index (κ2) is 10.9. The normalized spacial score (nSPS) is 11.4. The highest BCUT2D eigenvalue weighted by molar-refractivity contribution is 6.31. The third-order valence-electron chi connectivity index (χ3n) is 4.82. The third-order valence-corrected chi connectivity index (χ3v) is 5.73. The van der Waals surface area contributed by atoms with Gasteiger partial charge in [-0.1, -0.05) is 53.0 Å². The minimum atomic E-state index is -0.733. The van der Waals surface area contributed by atoms with Gasteiger partial charge in [-0.2, -0.15) is 5.10 Å². The summed E-state index contributed by atoms with van der Waals surface area (Å²) in [5.74, 6) is -1.49. The van der Waals surface area contributed by atoms with Crippen LogP contribution in [0.3, 0.4) is 0 Å². The van der Waals surface area contributed by atoms with Crippen molar-refractivity contribution in [3.8, 4) is 11.3 Å². The molecule has 0 radical (unpaired) electrons. The van der Waals surface area contributed by atoms with Gasteiger partial charge in [0, 0.05) is 21.7 Å². The zero-order valence-corrected chi connectivity index (χ0v) is 20.0. The molecule has 4 aromatic rings. The van der Waals surface area contributed by atoms with Crippen molar-refractivity contribution in [3.63, 3.8) is 0 Å². The highest BCUT2D eigenvalue weighted by Gasteiger charge is 2.14. The molecule has 0 saturated heterocycles. The van der Waals surface area contributed by atoms with Crippen molar-refractivity contribution >= 4 is 52.5 Å². The van der Waals surface area contributed by atoms with E-state index in [1.54, 1.807) is 18.2 Å². The molecule has 0 aliphatic heterocycles. The lowest BCUT2D eigenvalue weighted by Gasteiger charge is -2.11. The van der Waals surface area contributed by atoms with E-state index in [9.17, 15) is 13.6 Å². The Balaban J connectivity index is 1.58. The Morgan fingerprint density at radius 3 is 2.43 bits per heavy atom. The SMILES string of the molecule is O=C(NC(=NCc1ccc(F)cc1Cl)Nc1cc(-c2ccc(Cl)cc2)[nH]n1)c1ccc(Cl)c(F)c1. The summed E-state index contributed by atoms with van der Waals surface area (Å²) in [6.07, 6.45) is 0. The number of aromatic amines is 1. The first-order valence-corrected chi connectivity index (χ1v) is 11.2. The number of amides is 1. The van der Waals surface area contributed by atoms with Crippen LogP contribution >= 0.6 is 34.8 Å². The minimum absolute atomic E-state index is 0.0138. The number of hydrogen-bond donors (Lipinski definition) is 3. The van der Waals surface area contributed by atoms with Gasteiger partial charge in [0.15, 0.2) is 5.82 Å². The summed E-state index contributed by atoms with van der Waals surface area (Å²) in [5.41, 5.74) is 2.09. The van der Waals surface area contributed by atoms with Crippen LogP contribution in [0.2, 0.25) is 15.1 Å². The molecule has 178 valence electrons. The molecule has 3 N–H and O–H groups in total. The Morgan fingerprint density at radius 2 is 1.71 bits per heavy atom. The molecule has 0 spiro atoms. The summed E-state index contributed by atoms with van der Waals surface area (Å²) in [4.78, 5) is 17.1. The smallest absolute Gasteiger partial charge is 0.258 e. The third kappa shape index (κ3) is 6.36. The molecule has 35 heavy (non-hydrogen) atoms. The molecule has 0 bridgehead atoms. The van der Waals surface area contributed by atoms with Crippen molar-refractivity contribution in [2.45, 2.75) is 6.54 Å². The first-order chi connectivity index (χ1) is 16.8. The Bertz CT molecular complexity index is 1410. The van der Waals surface area contributed by atoms with Gasteiger partial charge in [0.2, 0.25) is 5.96 Å². The maximum atomic E-state index is 13.8. The van der Waals surface area contributed by atoms with Crippen LogP contribution in [0.25, 0.3) is 11.3 Å². The number of benzene rings is 3. The van der Waals surface area contributed by atoms with Gasteiger partial charge in [-0.05, 0) is 53.6 Å². The largest absolute Gasteiger partial charge is 0.309 e. The molecule has 0 unspecified atom stereocenters. The van der Waals surface area contributed by atoms with E-state index >= 15 is 0 Å². The van der Waals surface area contributed by atoms with Gasteiger partial charge in [-0.3, -0.25) is 15.2 Å². The first-order valence-electron chi connectivity index (χ1n) is 10.1. The molecule has 3 aromatic carbocycles. The predicted molar refractivity (Wildman–Crippen MR) is 134 cm³/mol. The highest BCUT2D eigenvalue weighted by atomic mass is 35.5. The number of guanidine groups is 1. The summed E-state index contributed by atoms with van der Waals surface area (Å²) >= 11 is 17.7. The number of hydrogen-bond acceptors (Lipinski definition) is 3. The first kappa shape index (κ1) is 24.7. The van der Waals surface area contributed by atoms with Gasteiger partial charge in [0.1, 0.15) is 11.6 Å². The summed E-state index contributed by atoms with van der Waals surface area (Å²) in [6, 6.07) is 16.4. The Hall–Kier alpha value is -3.46. The van der Waals surface area contributed by atoms with Crippen molar-refractivity contribution in [1.82, 2.24) is 15.5 Å². The molecule has 0 fully saturated rings. The maximum absolute atomic E-state index is 13.8. The molecule has 1 amide bonds. The number of halogens is 5. The summed E-state index contributed by atoms with van der Waals surface area (Å²) in [7, 11) is 0. The molecule has 6 nitrogen and oxygen atoms in total. The molecular weight excluding hydrogens is 519 g/mol. The van der Waals surface area contributed by atoms with Crippen LogP contribution in [0.1, 0.15) is 15.9 Å². The second-order valence-electron chi connectivity index (χ2n) is 7.28. The maximum Gasteiger partial charge on any atom is 0.258 e. The monoisotopic (exact) mass is 533 g/mol. The summed E-state index contributed by atoms with van der Waals surface area (Å²) in [6.45, 7) is 0.0190. The number of nitrogens with one attached hydrogen (secondary N) is 3. The number of rotatable bonds is 5. The summed E-state index contributed by atoms with van der Waals surface area (Å²) < 4.78 is 27.2. The lowest BCUT2D eigenvalue weighted by Crippen LogP contribution is -2.36. The van der Waals surface area contributed by atoms with Crippen LogP contribution in [0.4, 0.5) is 14.6 Å². The van der Waals surface area contributed by atoms with E-state index in [-0.39, 0.29) is 28.1 Å². The fraction of sp³-hybridized carbons (Fsp3) is 0.0417. The zero-order valence-electron chi connectivity index (χ0n) is 17.8. The average molecular weight is 535 g/mol. The lowest BCUT2D eigenvalue weighted by atomic mass is 10.1. The van der Waals surface area contributed by atoms with E-state index < -0.39 is 17.5 Å². The molecule has 4 rings (SSSR count). The van der Waals surface area contributed by atoms with Crippen LogP contribution in [0, 0.1) is 11.6 Å². The standard InChI is InChI=1S/C24H16Cl3F2N5O/c25-16-5-1-13(2-6-16)21-11-22(34-33-21)31-24(30-12-15-3-7-17(28)10-19(15)27)32-23(35)14-4-8-18(26)20(29)9-14/h1-11H,12H2,(H3,30,31,32,33,34,35). The Morgan fingerprint density at radius 1 is 0.943 bits per heavy atom. The number of carbonyl (C=O) groups is 1. The predicted octanol–water partition coefficient (Wildman–Crippen LogP) is 6.71. The number of aliphatic imine (C=N–C) groups is 1. The quantitative estimate of drug-likeness (QED) is 0.196. The van der Waals surface area contributed by atoms with Gasteiger partial charge >= 0.3 is 0 Å². The van der Waals surface area contributed by atoms with Crippen LogP contribution < -0.4 is 10.6 Å². The topological polar surface area (TPSA) is 82.2 Å². The fourth-order valence-electron chi connectivity index (χ4n) is 3.03. The number of nitrogens with zero attached hydrogens (tertiary/aromatic N) is 2. The van der Waals surface area contributed by atoms with E-state index in [1.165, 1.54) is 30.3 Å². The Kier molecular flexibility index (Phi) is 7.65. The van der Waals surface area contributed by atoms with Crippen LogP contribution in [0.5, 0.6) is 0 Å². The number of carbonyl (C=O) groups excluding carboxylic acids is 1. The highest BCUT2D eigenvalue weighted by Crippen LogP contribution is 2.22. The van der Waals surface area contributed by atoms with Crippen molar-refractivity contribution in [2.75, 3.05) is 5.32 Å². The second-order valence-corrected chi connectivity index (χ2v) is 8.53. The molecular formula is C24H16Cl3F2N5O. The van der Waals surface area contributed by atoms with Crippen molar-refractivity contribution in [2.24, 2.45) is 4.99 Å². The van der Waals surface area contributed by atoms with Crippen molar-refractivity contribution < 1.29 is 13.6 Å². The fourth-order valence-corrected chi connectivity index (χ4v) is 3.50. The van der Waals surface area contributed by atoms with E-state index in [1.807, 2.05) is 12.1 Å². The molecule has 11 heteroatoms. The van der Waals surface area contributed by atoms with Gasteiger partial charge < -0.3 is 5.32 Å². The van der Waals surface area contributed by atoms with E-state index in [4.69, 9.17) is 34.8 Å². The molecule has 0 aliphatic rings. The van der Waals surface area contributed by atoms with Crippen molar-refractivity contribution in [3.05, 3.63) is 105 Å². The van der Waals surface area contributed by atoms with Gasteiger partial charge in [0.05, 0.1) is 17.3 Å². The van der Waals surface area contributed by atoms with Gasteiger partial charge in [-0.15, -0.1) is 0 Å². The lowest BCUT2D eigenvalue weighted by molar-refractivity contribution is 0.0976. The zero-order chi connectivity index (χ0) is 24.9. The number of anilines is 1. The van der Waals surface area contributed by atoms with E-state index in [2.05, 4.69) is 25.8 Å². The molecule has 0 saturated carbocycles. The van der Waals surface area contributed by atoms with E-state index in [0.717, 1.165) is 11.6 Å². The molecule has 0 aliphatic carbocycles. The van der Waals surface area contributed by atoms with Gasteiger partial charge in [-0.25, -0.2) is 13.8 Å². The Labute approximate surface area is 213 Å². The number of H-pyrrole nitrogens is 1.